The van der Waals surface area contributed by atoms with Crippen LogP contribution in [0.15, 0.2) is 18.2 Å². The van der Waals surface area contributed by atoms with Crippen molar-refractivity contribution in [3.63, 3.8) is 0 Å². The number of hydrogen-bond acceptors (Lipinski definition) is 5. The van der Waals surface area contributed by atoms with Crippen LogP contribution in [0.25, 0.3) is 0 Å². The maximum atomic E-state index is 12.7. The molecular formula is C19H24N2O3S. The first kappa shape index (κ1) is 17.7. The number of carbonyl (C=O) groups is 1. The normalized spacial score (nSPS) is 15.4. The van der Waals surface area contributed by atoms with Crippen LogP contribution < -0.4 is 14.8 Å². The van der Waals surface area contributed by atoms with E-state index in [0.29, 0.717) is 10.9 Å². The van der Waals surface area contributed by atoms with E-state index in [1.807, 2.05) is 45.9 Å². The van der Waals surface area contributed by atoms with E-state index in [4.69, 9.17) is 9.47 Å². The van der Waals surface area contributed by atoms with Crippen LogP contribution in [0.1, 0.15) is 43.8 Å². The molecule has 0 bridgehead atoms. The van der Waals surface area contributed by atoms with Crippen LogP contribution >= 0.6 is 11.3 Å². The minimum Gasteiger partial charge on any atom is -0.483 e. The molecule has 1 N–H and O–H groups in total. The molecule has 0 fully saturated rings. The number of aromatic nitrogens is 1. The summed E-state index contributed by atoms with van der Waals surface area (Å²) in [6, 6.07) is 5.80. The van der Waals surface area contributed by atoms with Gasteiger partial charge in [0.1, 0.15) is 5.60 Å². The van der Waals surface area contributed by atoms with Crippen LogP contribution in [0, 0.1) is 13.8 Å². The summed E-state index contributed by atoms with van der Waals surface area (Å²) in [7, 11) is 0. The summed E-state index contributed by atoms with van der Waals surface area (Å²) in [6.45, 7) is 11.5. The SMILES string of the molecule is Cc1nc(NC(=O)C(C)(C)Oc2cccc3c2OC(C)(C)C3)sc1C. The highest BCUT2D eigenvalue weighted by molar-refractivity contribution is 7.15. The first-order valence-corrected chi connectivity index (χ1v) is 9.14. The molecule has 134 valence electrons. The summed E-state index contributed by atoms with van der Waals surface area (Å²) in [4.78, 5) is 18.1. The predicted molar refractivity (Wildman–Crippen MR) is 99.8 cm³/mol. The van der Waals surface area contributed by atoms with Gasteiger partial charge in [-0.2, -0.15) is 0 Å². The summed E-state index contributed by atoms with van der Waals surface area (Å²) in [5, 5.41) is 3.44. The van der Waals surface area contributed by atoms with Gasteiger partial charge in [-0.1, -0.05) is 12.1 Å². The molecule has 0 saturated carbocycles. The minimum absolute atomic E-state index is 0.240. The van der Waals surface area contributed by atoms with Crippen LogP contribution in [0.3, 0.4) is 0 Å². The molecule has 25 heavy (non-hydrogen) atoms. The molecule has 1 aliphatic heterocycles. The second-order valence-corrected chi connectivity index (χ2v) is 8.71. The van der Waals surface area contributed by atoms with Gasteiger partial charge in [0.25, 0.3) is 5.91 Å². The van der Waals surface area contributed by atoms with Crippen molar-refractivity contribution in [2.45, 2.75) is 59.2 Å². The van der Waals surface area contributed by atoms with Crippen LogP contribution in [0.5, 0.6) is 11.5 Å². The Bertz CT molecular complexity index is 805. The van der Waals surface area contributed by atoms with Crippen molar-refractivity contribution in [3.05, 3.63) is 34.3 Å². The number of amides is 1. The van der Waals surface area contributed by atoms with Gasteiger partial charge in [0, 0.05) is 16.9 Å². The van der Waals surface area contributed by atoms with Gasteiger partial charge in [0.15, 0.2) is 22.2 Å². The molecule has 0 atom stereocenters. The topological polar surface area (TPSA) is 60.5 Å². The van der Waals surface area contributed by atoms with E-state index in [0.717, 1.165) is 28.3 Å². The molecule has 6 heteroatoms. The van der Waals surface area contributed by atoms with Crippen molar-refractivity contribution in [3.8, 4) is 11.5 Å². The number of ether oxygens (including phenoxy) is 2. The van der Waals surface area contributed by atoms with Crippen molar-refractivity contribution in [1.29, 1.82) is 0 Å². The Balaban J connectivity index is 1.78. The lowest BCUT2D eigenvalue weighted by Crippen LogP contribution is -2.42. The van der Waals surface area contributed by atoms with Crippen LogP contribution in [-0.2, 0) is 11.2 Å². The number of anilines is 1. The van der Waals surface area contributed by atoms with E-state index >= 15 is 0 Å². The molecule has 1 amide bonds. The molecule has 0 saturated heterocycles. The molecule has 1 aromatic carbocycles. The standard InChI is InChI=1S/C19H24N2O3S/c1-11-12(2)25-17(20-11)21-16(22)19(5,6)23-14-9-7-8-13-10-18(3,4)24-15(13)14/h7-9H,10H2,1-6H3,(H,20,21,22). The van der Waals surface area contributed by atoms with Crippen molar-refractivity contribution in [2.24, 2.45) is 0 Å². The third-order valence-corrected chi connectivity index (χ3v) is 5.20. The number of hydrogen-bond donors (Lipinski definition) is 1. The maximum absolute atomic E-state index is 12.7. The fourth-order valence-electron chi connectivity index (χ4n) is 2.76. The smallest absolute Gasteiger partial charge is 0.269 e. The summed E-state index contributed by atoms with van der Waals surface area (Å²) in [6.07, 6.45) is 0.823. The summed E-state index contributed by atoms with van der Waals surface area (Å²) in [5.41, 5.74) is 0.712. The van der Waals surface area contributed by atoms with Crippen LogP contribution in [0.2, 0.25) is 0 Å². The number of rotatable bonds is 4. The maximum Gasteiger partial charge on any atom is 0.269 e. The van der Waals surface area contributed by atoms with Gasteiger partial charge in [-0.05, 0) is 47.6 Å². The van der Waals surface area contributed by atoms with E-state index in [1.54, 1.807) is 13.8 Å². The quantitative estimate of drug-likeness (QED) is 0.884. The van der Waals surface area contributed by atoms with Gasteiger partial charge < -0.3 is 9.47 Å². The Morgan fingerprint density at radius 3 is 2.72 bits per heavy atom. The Kier molecular flexibility index (Phi) is 4.27. The average Bonchev–Trinajstić information content (AvgIpc) is 2.97. The Morgan fingerprint density at radius 1 is 1.36 bits per heavy atom. The molecule has 2 heterocycles. The number of aryl methyl sites for hydroxylation is 2. The molecule has 2 aromatic rings. The molecule has 0 aliphatic carbocycles. The lowest BCUT2D eigenvalue weighted by molar-refractivity contribution is -0.128. The lowest BCUT2D eigenvalue weighted by atomic mass is 10.0. The van der Waals surface area contributed by atoms with Crippen molar-refractivity contribution in [2.75, 3.05) is 5.32 Å². The van der Waals surface area contributed by atoms with E-state index in [1.165, 1.54) is 11.3 Å². The second kappa shape index (κ2) is 6.02. The third kappa shape index (κ3) is 3.63. The van der Waals surface area contributed by atoms with Gasteiger partial charge >= 0.3 is 0 Å². The molecule has 0 radical (unpaired) electrons. The predicted octanol–water partition coefficient (Wildman–Crippen LogP) is 4.27. The fraction of sp³-hybridized carbons (Fsp3) is 0.474. The highest BCUT2D eigenvalue weighted by Crippen LogP contribution is 2.43. The number of nitrogens with one attached hydrogen (secondary N) is 1. The third-order valence-electron chi connectivity index (χ3n) is 4.22. The second-order valence-electron chi connectivity index (χ2n) is 7.51. The molecular weight excluding hydrogens is 336 g/mol. The number of nitrogens with zero attached hydrogens (tertiary/aromatic N) is 1. The molecule has 0 unspecified atom stereocenters. The van der Waals surface area contributed by atoms with Crippen LogP contribution in [0.4, 0.5) is 5.13 Å². The minimum atomic E-state index is -1.06. The van der Waals surface area contributed by atoms with E-state index < -0.39 is 5.60 Å². The van der Waals surface area contributed by atoms with Gasteiger partial charge in [-0.15, -0.1) is 11.3 Å². The first-order valence-electron chi connectivity index (χ1n) is 8.33. The number of para-hydroxylation sites is 1. The van der Waals surface area contributed by atoms with Crippen molar-refractivity contribution < 1.29 is 14.3 Å². The van der Waals surface area contributed by atoms with Crippen LogP contribution in [-0.4, -0.2) is 22.1 Å². The Hall–Kier alpha value is -2.08. The molecule has 3 rings (SSSR count). The molecule has 1 aromatic heterocycles. The lowest BCUT2D eigenvalue weighted by Gasteiger charge is -2.26. The zero-order valence-corrected chi connectivity index (χ0v) is 16.3. The number of fused-ring (bicyclic) bond motifs is 1. The van der Waals surface area contributed by atoms with Gasteiger partial charge in [0.2, 0.25) is 0 Å². The van der Waals surface area contributed by atoms with Gasteiger partial charge in [0.05, 0.1) is 5.69 Å². The van der Waals surface area contributed by atoms with Crippen molar-refractivity contribution >= 4 is 22.4 Å². The zero-order valence-electron chi connectivity index (χ0n) is 15.5. The summed E-state index contributed by atoms with van der Waals surface area (Å²) >= 11 is 1.46. The Morgan fingerprint density at radius 2 is 2.08 bits per heavy atom. The molecule has 5 nitrogen and oxygen atoms in total. The monoisotopic (exact) mass is 360 g/mol. The number of benzene rings is 1. The highest BCUT2D eigenvalue weighted by Gasteiger charge is 2.36. The molecule has 1 aliphatic rings. The fourth-order valence-corrected chi connectivity index (χ4v) is 3.57. The molecule has 0 spiro atoms. The first-order chi connectivity index (χ1) is 11.6. The highest BCUT2D eigenvalue weighted by atomic mass is 32.1. The van der Waals surface area contributed by atoms with Crippen molar-refractivity contribution in [1.82, 2.24) is 4.98 Å². The van der Waals surface area contributed by atoms with E-state index in [9.17, 15) is 4.79 Å². The summed E-state index contributed by atoms with van der Waals surface area (Å²) < 4.78 is 12.1. The number of carbonyl (C=O) groups excluding carboxylic acids is 1. The van der Waals surface area contributed by atoms with Gasteiger partial charge in [-0.3, -0.25) is 10.1 Å². The summed E-state index contributed by atoms with van der Waals surface area (Å²) in [5.74, 6) is 1.08. The number of thiazole rings is 1. The van der Waals surface area contributed by atoms with E-state index in [-0.39, 0.29) is 11.5 Å². The zero-order chi connectivity index (χ0) is 18.4. The largest absolute Gasteiger partial charge is 0.483 e. The average molecular weight is 360 g/mol. The Labute approximate surface area is 152 Å². The van der Waals surface area contributed by atoms with Gasteiger partial charge in [-0.25, -0.2) is 4.98 Å². The van der Waals surface area contributed by atoms with E-state index in [2.05, 4.69) is 10.3 Å².